The Balaban J connectivity index is 1.79. The fourth-order valence-electron chi connectivity index (χ4n) is 2.34. The normalized spacial score (nSPS) is 16.4. The Morgan fingerprint density at radius 2 is 2.10 bits per heavy atom. The number of carbonyl (C=O) groups is 1. The van der Waals surface area contributed by atoms with Crippen molar-refractivity contribution >= 4 is 11.6 Å². The SMILES string of the molecule is Cc1cc(C(=O)NC2COc3ccccc32)ccc1N. The predicted molar refractivity (Wildman–Crippen MR) is 77.7 cm³/mol. The molecule has 3 rings (SSSR count). The molecule has 4 heteroatoms. The molecule has 3 N–H and O–H groups in total. The summed E-state index contributed by atoms with van der Waals surface area (Å²) in [7, 11) is 0. The zero-order valence-corrected chi connectivity index (χ0v) is 11.2. The van der Waals surface area contributed by atoms with Crippen LogP contribution in [0.15, 0.2) is 42.5 Å². The monoisotopic (exact) mass is 268 g/mol. The number of para-hydroxylation sites is 1. The average molecular weight is 268 g/mol. The van der Waals surface area contributed by atoms with Crippen LogP contribution in [0.2, 0.25) is 0 Å². The Morgan fingerprint density at radius 3 is 2.90 bits per heavy atom. The maximum Gasteiger partial charge on any atom is 0.251 e. The number of ether oxygens (including phenoxy) is 1. The van der Waals surface area contributed by atoms with E-state index in [-0.39, 0.29) is 11.9 Å². The van der Waals surface area contributed by atoms with Gasteiger partial charge in [0.25, 0.3) is 5.91 Å². The highest BCUT2D eigenvalue weighted by atomic mass is 16.5. The van der Waals surface area contributed by atoms with Crippen molar-refractivity contribution in [3.05, 3.63) is 59.2 Å². The second-order valence-electron chi connectivity index (χ2n) is 4.95. The smallest absolute Gasteiger partial charge is 0.251 e. The van der Waals surface area contributed by atoms with Crippen molar-refractivity contribution in [3.63, 3.8) is 0 Å². The van der Waals surface area contributed by atoms with Gasteiger partial charge in [-0.3, -0.25) is 4.79 Å². The molecule has 2 aromatic carbocycles. The van der Waals surface area contributed by atoms with Crippen molar-refractivity contribution in [2.45, 2.75) is 13.0 Å². The maximum atomic E-state index is 12.3. The molecule has 0 spiro atoms. The van der Waals surface area contributed by atoms with Gasteiger partial charge in [-0.2, -0.15) is 0 Å². The van der Waals surface area contributed by atoms with E-state index < -0.39 is 0 Å². The fraction of sp³-hybridized carbons (Fsp3) is 0.188. The number of nitrogens with two attached hydrogens (primary N) is 1. The third-order valence-electron chi connectivity index (χ3n) is 3.54. The molecule has 0 aromatic heterocycles. The highest BCUT2D eigenvalue weighted by Gasteiger charge is 2.25. The molecule has 1 aliphatic rings. The third kappa shape index (κ3) is 2.20. The Kier molecular flexibility index (Phi) is 3.06. The van der Waals surface area contributed by atoms with Crippen LogP contribution in [0.5, 0.6) is 5.75 Å². The standard InChI is InChI=1S/C16H16N2O2/c1-10-8-11(6-7-13(10)17)16(19)18-14-9-20-15-5-3-2-4-12(14)15/h2-8,14H,9,17H2,1H3,(H,18,19). The molecule has 0 radical (unpaired) electrons. The summed E-state index contributed by atoms with van der Waals surface area (Å²) in [5.74, 6) is 0.727. The van der Waals surface area contributed by atoms with Crippen LogP contribution >= 0.6 is 0 Å². The Bertz CT molecular complexity index is 667. The Morgan fingerprint density at radius 1 is 1.30 bits per heavy atom. The van der Waals surface area contributed by atoms with Gasteiger partial charge in [0.05, 0.1) is 6.04 Å². The zero-order chi connectivity index (χ0) is 14.1. The van der Waals surface area contributed by atoms with Crippen molar-refractivity contribution in [2.75, 3.05) is 12.3 Å². The summed E-state index contributed by atoms with van der Waals surface area (Å²) in [6.07, 6.45) is 0. The van der Waals surface area contributed by atoms with Crippen LogP contribution in [0.1, 0.15) is 27.5 Å². The average Bonchev–Trinajstić information content (AvgIpc) is 2.85. The summed E-state index contributed by atoms with van der Waals surface area (Å²) in [5, 5.41) is 2.99. The summed E-state index contributed by atoms with van der Waals surface area (Å²) in [4.78, 5) is 12.3. The number of rotatable bonds is 2. The molecule has 0 bridgehead atoms. The number of hydrogen-bond acceptors (Lipinski definition) is 3. The van der Waals surface area contributed by atoms with E-state index in [1.807, 2.05) is 31.2 Å². The molecule has 0 fully saturated rings. The first-order valence-corrected chi connectivity index (χ1v) is 6.54. The van der Waals surface area contributed by atoms with Gasteiger partial charge < -0.3 is 15.8 Å². The third-order valence-corrected chi connectivity index (χ3v) is 3.54. The van der Waals surface area contributed by atoms with Crippen LogP contribution in [0, 0.1) is 6.92 Å². The summed E-state index contributed by atoms with van der Waals surface area (Å²) in [6, 6.07) is 12.9. The van der Waals surface area contributed by atoms with Crippen molar-refractivity contribution < 1.29 is 9.53 Å². The number of amides is 1. The lowest BCUT2D eigenvalue weighted by molar-refractivity contribution is 0.0930. The van der Waals surface area contributed by atoms with Gasteiger partial charge in [0.15, 0.2) is 0 Å². The quantitative estimate of drug-likeness (QED) is 0.822. The molecular formula is C16H16N2O2. The van der Waals surface area contributed by atoms with Crippen molar-refractivity contribution in [1.82, 2.24) is 5.32 Å². The van der Waals surface area contributed by atoms with Crippen LogP contribution in [0.25, 0.3) is 0 Å². The first-order chi connectivity index (χ1) is 9.65. The summed E-state index contributed by atoms with van der Waals surface area (Å²) < 4.78 is 5.56. The van der Waals surface area contributed by atoms with Gasteiger partial charge in [0.1, 0.15) is 12.4 Å². The maximum absolute atomic E-state index is 12.3. The van der Waals surface area contributed by atoms with Gasteiger partial charge >= 0.3 is 0 Å². The Hall–Kier alpha value is -2.49. The molecular weight excluding hydrogens is 252 g/mol. The van der Waals surface area contributed by atoms with Gasteiger partial charge in [0, 0.05) is 16.8 Å². The van der Waals surface area contributed by atoms with Crippen molar-refractivity contribution in [3.8, 4) is 5.75 Å². The highest BCUT2D eigenvalue weighted by Crippen LogP contribution is 2.31. The van der Waals surface area contributed by atoms with Crippen molar-refractivity contribution in [2.24, 2.45) is 0 Å². The van der Waals surface area contributed by atoms with Crippen LogP contribution < -0.4 is 15.8 Å². The fourth-order valence-corrected chi connectivity index (χ4v) is 2.34. The lowest BCUT2D eigenvalue weighted by Gasteiger charge is -2.12. The van der Waals surface area contributed by atoms with Crippen LogP contribution in [0.4, 0.5) is 5.69 Å². The van der Waals surface area contributed by atoms with Crippen LogP contribution in [0.3, 0.4) is 0 Å². The highest BCUT2D eigenvalue weighted by molar-refractivity contribution is 5.95. The summed E-state index contributed by atoms with van der Waals surface area (Å²) in [6.45, 7) is 2.36. The van der Waals surface area contributed by atoms with Gasteiger partial charge in [-0.25, -0.2) is 0 Å². The minimum atomic E-state index is -0.113. The van der Waals surface area contributed by atoms with Gasteiger partial charge in [-0.15, -0.1) is 0 Å². The molecule has 1 atom stereocenters. The summed E-state index contributed by atoms with van der Waals surface area (Å²) >= 11 is 0. The lowest BCUT2D eigenvalue weighted by Crippen LogP contribution is -2.29. The molecule has 102 valence electrons. The first-order valence-electron chi connectivity index (χ1n) is 6.54. The van der Waals surface area contributed by atoms with E-state index in [1.165, 1.54) is 0 Å². The van der Waals surface area contributed by atoms with E-state index in [0.29, 0.717) is 17.9 Å². The minimum Gasteiger partial charge on any atom is -0.491 e. The molecule has 4 nitrogen and oxygen atoms in total. The molecule has 0 saturated heterocycles. The molecule has 1 amide bonds. The van der Waals surface area contributed by atoms with Gasteiger partial charge in [-0.1, -0.05) is 18.2 Å². The zero-order valence-electron chi connectivity index (χ0n) is 11.2. The van der Waals surface area contributed by atoms with E-state index >= 15 is 0 Å². The van der Waals surface area contributed by atoms with Gasteiger partial charge in [0.2, 0.25) is 0 Å². The largest absolute Gasteiger partial charge is 0.491 e. The number of aryl methyl sites for hydroxylation is 1. The van der Waals surface area contributed by atoms with Crippen LogP contribution in [-0.4, -0.2) is 12.5 Å². The Labute approximate surface area is 117 Å². The molecule has 20 heavy (non-hydrogen) atoms. The molecule has 2 aromatic rings. The van der Waals surface area contributed by atoms with E-state index in [4.69, 9.17) is 10.5 Å². The molecule has 1 heterocycles. The van der Waals surface area contributed by atoms with E-state index in [2.05, 4.69) is 5.32 Å². The first kappa shape index (κ1) is 12.5. The van der Waals surface area contributed by atoms with Crippen LogP contribution in [-0.2, 0) is 0 Å². The number of carbonyl (C=O) groups excluding carboxylic acids is 1. The van der Waals surface area contributed by atoms with Gasteiger partial charge in [-0.05, 0) is 36.8 Å². The second kappa shape index (κ2) is 4.89. The molecule has 0 aliphatic carbocycles. The number of nitrogens with one attached hydrogen (secondary N) is 1. The van der Waals surface area contributed by atoms with E-state index in [0.717, 1.165) is 16.9 Å². The second-order valence-corrected chi connectivity index (χ2v) is 4.95. The van der Waals surface area contributed by atoms with Crippen molar-refractivity contribution in [1.29, 1.82) is 0 Å². The molecule has 1 aliphatic heterocycles. The number of fused-ring (bicyclic) bond motifs is 1. The number of anilines is 1. The molecule has 0 saturated carbocycles. The molecule has 1 unspecified atom stereocenters. The number of nitrogen functional groups attached to an aromatic ring is 1. The van der Waals surface area contributed by atoms with E-state index in [9.17, 15) is 4.79 Å². The number of benzene rings is 2. The summed E-state index contributed by atoms with van der Waals surface area (Å²) in [5.41, 5.74) is 8.99. The minimum absolute atomic E-state index is 0.100. The van der Waals surface area contributed by atoms with E-state index in [1.54, 1.807) is 18.2 Å². The topological polar surface area (TPSA) is 64.3 Å². The number of hydrogen-bond donors (Lipinski definition) is 2. The lowest BCUT2D eigenvalue weighted by atomic mass is 10.1. The predicted octanol–water partition coefficient (Wildman–Crippen LogP) is 2.44.